The molecule has 1 atom stereocenters. The van der Waals surface area contributed by atoms with Gasteiger partial charge in [-0.25, -0.2) is 8.42 Å². The van der Waals surface area contributed by atoms with Gasteiger partial charge in [-0.2, -0.15) is 0 Å². The zero-order valence-electron chi connectivity index (χ0n) is 22.2. The summed E-state index contributed by atoms with van der Waals surface area (Å²) in [5.41, 5.74) is -0.219. The Labute approximate surface area is 229 Å². The molecule has 10 nitrogen and oxygen atoms in total. The Morgan fingerprint density at radius 2 is 1.59 bits per heavy atom. The van der Waals surface area contributed by atoms with Gasteiger partial charge in [0.05, 0.1) is 22.7 Å². The monoisotopic (exact) mass is 557 g/mol. The van der Waals surface area contributed by atoms with Gasteiger partial charge < -0.3 is 0 Å². The molecular weight excluding hydrogens is 522 g/mol. The van der Waals surface area contributed by atoms with Crippen LogP contribution in [0, 0.1) is 16.0 Å². The number of sulfonamides is 1. The van der Waals surface area contributed by atoms with Crippen LogP contribution in [-0.4, -0.2) is 47.3 Å². The number of hydrogen-bond acceptors (Lipinski definition) is 7. The highest BCUT2D eigenvalue weighted by Crippen LogP contribution is 2.34. The standard InChI is InChI=1S/C28H35N3O7S/c1-2-3-4-8-19-26(29-27(32)22-15-9-10-16-23(22)28(29)33)31(38-20-21-13-6-5-7-14-21)39(36,37)25-18-12-11-17-24(25)30(34)35/h9-12,15-18,21,26H,2-8,13-14,19-20H2,1H3. The summed E-state index contributed by atoms with van der Waals surface area (Å²) in [7, 11) is -4.67. The minimum Gasteiger partial charge on any atom is -0.282 e. The van der Waals surface area contributed by atoms with E-state index in [1.165, 1.54) is 24.3 Å². The van der Waals surface area contributed by atoms with E-state index in [4.69, 9.17) is 4.84 Å². The number of imide groups is 1. The number of amides is 2. The van der Waals surface area contributed by atoms with Crippen molar-refractivity contribution in [3.63, 3.8) is 0 Å². The SMILES string of the molecule is CCCCCCC(N1C(=O)c2ccccc2C1=O)N(OCC1CCCCC1)S(=O)(=O)c1ccccc1[N+](=O)[O-]. The van der Waals surface area contributed by atoms with Gasteiger partial charge in [0.2, 0.25) is 0 Å². The molecule has 2 amide bonds. The van der Waals surface area contributed by atoms with Crippen molar-refractivity contribution in [2.45, 2.75) is 82.2 Å². The van der Waals surface area contributed by atoms with Crippen LogP contribution in [0.3, 0.4) is 0 Å². The van der Waals surface area contributed by atoms with Crippen LogP contribution in [0.5, 0.6) is 0 Å². The van der Waals surface area contributed by atoms with E-state index in [2.05, 4.69) is 0 Å². The molecule has 1 saturated carbocycles. The maximum atomic E-state index is 14.2. The van der Waals surface area contributed by atoms with E-state index in [9.17, 15) is 28.1 Å². The molecule has 0 bridgehead atoms. The third-order valence-electron chi connectivity index (χ3n) is 7.42. The van der Waals surface area contributed by atoms with Gasteiger partial charge in [0.1, 0.15) is 6.17 Å². The van der Waals surface area contributed by atoms with Crippen LogP contribution in [-0.2, 0) is 14.9 Å². The molecule has 2 aromatic carbocycles. The van der Waals surface area contributed by atoms with Crippen molar-refractivity contribution in [3.05, 3.63) is 69.8 Å². The van der Waals surface area contributed by atoms with Gasteiger partial charge in [-0.3, -0.25) is 29.4 Å². The third-order valence-corrected chi connectivity index (χ3v) is 9.15. The summed E-state index contributed by atoms with van der Waals surface area (Å²) < 4.78 is 29.0. The van der Waals surface area contributed by atoms with Gasteiger partial charge in [0.15, 0.2) is 4.90 Å². The van der Waals surface area contributed by atoms with E-state index < -0.39 is 43.5 Å². The van der Waals surface area contributed by atoms with Crippen LogP contribution in [0.15, 0.2) is 53.4 Å². The van der Waals surface area contributed by atoms with Crippen molar-refractivity contribution in [3.8, 4) is 0 Å². The number of nitro groups is 1. The van der Waals surface area contributed by atoms with Gasteiger partial charge in [-0.1, -0.05) is 74.2 Å². The summed E-state index contributed by atoms with van der Waals surface area (Å²) in [6.07, 6.45) is 6.81. The Bertz CT molecular complexity index is 1270. The Morgan fingerprint density at radius 3 is 2.21 bits per heavy atom. The Hall–Kier alpha value is -3.15. The topological polar surface area (TPSA) is 127 Å². The minimum atomic E-state index is -4.67. The summed E-state index contributed by atoms with van der Waals surface area (Å²) in [5, 5.41) is 11.8. The molecule has 210 valence electrons. The molecule has 1 unspecified atom stereocenters. The summed E-state index contributed by atoms with van der Waals surface area (Å²) in [6, 6.07) is 11.4. The van der Waals surface area contributed by atoms with Gasteiger partial charge in [-0.05, 0) is 49.8 Å². The molecule has 1 fully saturated rings. The largest absolute Gasteiger partial charge is 0.289 e. The predicted octanol–water partition coefficient (Wildman–Crippen LogP) is 5.69. The second kappa shape index (κ2) is 12.8. The maximum Gasteiger partial charge on any atom is 0.289 e. The average molecular weight is 558 g/mol. The molecule has 2 aliphatic rings. The second-order valence-corrected chi connectivity index (χ2v) is 11.9. The van der Waals surface area contributed by atoms with Crippen LogP contribution in [0.1, 0.15) is 91.8 Å². The smallest absolute Gasteiger partial charge is 0.282 e. The fourth-order valence-electron chi connectivity index (χ4n) is 5.33. The zero-order chi connectivity index (χ0) is 28.0. The molecule has 0 saturated heterocycles. The number of hydroxylamine groups is 1. The molecule has 0 aromatic heterocycles. The first-order valence-electron chi connectivity index (χ1n) is 13.6. The number of benzene rings is 2. The first kappa shape index (κ1) is 28.8. The summed E-state index contributed by atoms with van der Waals surface area (Å²) in [6.45, 7) is 2.11. The van der Waals surface area contributed by atoms with Crippen LogP contribution in [0.4, 0.5) is 5.69 Å². The zero-order valence-corrected chi connectivity index (χ0v) is 23.0. The molecule has 1 heterocycles. The number of nitrogens with zero attached hydrogens (tertiary/aromatic N) is 3. The molecule has 0 N–H and O–H groups in total. The van der Waals surface area contributed by atoms with Gasteiger partial charge in [0.25, 0.3) is 27.5 Å². The fraction of sp³-hybridized carbons (Fsp3) is 0.500. The predicted molar refractivity (Wildman–Crippen MR) is 144 cm³/mol. The van der Waals surface area contributed by atoms with E-state index in [0.717, 1.165) is 68.4 Å². The molecule has 1 aliphatic heterocycles. The molecule has 2 aromatic rings. The second-order valence-electron chi connectivity index (χ2n) is 10.1. The number of hydrogen-bond donors (Lipinski definition) is 0. The summed E-state index contributed by atoms with van der Waals surface area (Å²) in [4.78, 5) is 44.5. The molecule has 1 aliphatic carbocycles. The summed E-state index contributed by atoms with van der Waals surface area (Å²) >= 11 is 0. The minimum absolute atomic E-state index is 0.0640. The van der Waals surface area contributed by atoms with Gasteiger partial charge in [-0.15, -0.1) is 0 Å². The van der Waals surface area contributed by atoms with Crippen LogP contribution < -0.4 is 0 Å². The van der Waals surface area contributed by atoms with E-state index in [1.54, 1.807) is 12.1 Å². The van der Waals surface area contributed by atoms with Crippen molar-refractivity contribution >= 4 is 27.5 Å². The van der Waals surface area contributed by atoms with Crippen molar-refractivity contribution < 1.29 is 27.8 Å². The number of nitro benzene ring substituents is 1. The lowest BCUT2D eigenvalue weighted by Gasteiger charge is -2.35. The number of para-hydroxylation sites is 1. The number of fused-ring (bicyclic) bond motifs is 1. The van der Waals surface area contributed by atoms with Crippen LogP contribution in [0.25, 0.3) is 0 Å². The van der Waals surface area contributed by atoms with E-state index in [0.29, 0.717) is 10.9 Å². The highest BCUT2D eigenvalue weighted by Gasteiger charge is 2.47. The Morgan fingerprint density at radius 1 is 0.974 bits per heavy atom. The lowest BCUT2D eigenvalue weighted by molar-refractivity contribution is -0.388. The van der Waals surface area contributed by atoms with Gasteiger partial charge in [0, 0.05) is 6.07 Å². The van der Waals surface area contributed by atoms with Crippen molar-refractivity contribution in [1.82, 2.24) is 9.37 Å². The highest BCUT2D eigenvalue weighted by atomic mass is 32.2. The maximum absolute atomic E-state index is 14.2. The first-order chi connectivity index (χ1) is 18.8. The molecule has 39 heavy (non-hydrogen) atoms. The molecule has 11 heteroatoms. The lowest BCUT2D eigenvalue weighted by Crippen LogP contribution is -2.53. The molecule has 4 rings (SSSR count). The summed E-state index contributed by atoms with van der Waals surface area (Å²) in [5.74, 6) is -1.12. The molecular formula is C28H35N3O7S. The number of carbonyl (C=O) groups is 2. The van der Waals surface area contributed by atoms with E-state index in [1.807, 2.05) is 6.92 Å². The first-order valence-corrected chi connectivity index (χ1v) is 15.1. The lowest BCUT2D eigenvalue weighted by atomic mass is 9.90. The van der Waals surface area contributed by atoms with Crippen molar-refractivity contribution in [2.24, 2.45) is 5.92 Å². The van der Waals surface area contributed by atoms with Crippen molar-refractivity contribution in [1.29, 1.82) is 0 Å². The average Bonchev–Trinajstić information content (AvgIpc) is 3.20. The normalized spacial score (nSPS) is 17.0. The fourth-order valence-corrected chi connectivity index (χ4v) is 6.90. The molecule has 0 radical (unpaired) electrons. The molecule has 0 spiro atoms. The van der Waals surface area contributed by atoms with E-state index >= 15 is 0 Å². The Kier molecular flexibility index (Phi) is 9.47. The van der Waals surface area contributed by atoms with E-state index in [-0.39, 0.29) is 30.1 Å². The van der Waals surface area contributed by atoms with Crippen LogP contribution >= 0.6 is 0 Å². The number of carbonyl (C=O) groups excluding carboxylic acids is 2. The quantitative estimate of drug-likeness (QED) is 0.134. The highest BCUT2D eigenvalue weighted by molar-refractivity contribution is 7.89. The Balaban J connectivity index is 1.78. The number of rotatable bonds is 13. The van der Waals surface area contributed by atoms with Gasteiger partial charge >= 0.3 is 0 Å². The third kappa shape index (κ3) is 6.21. The number of unbranched alkanes of at least 4 members (excludes halogenated alkanes) is 3. The van der Waals surface area contributed by atoms with Crippen molar-refractivity contribution in [2.75, 3.05) is 6.61 Å². The van der Waals surface area contributed by atoms with Crippen LogP contribution in [0.2, 0.25) is 0 Å².